The summed E-state index contributed by atoms with van der Waals surface area (Å²) in [6.07, 6.45) is 0. The zero-order valence-electron chi connectivity index (χ0n) is 7.68. The highest BCUT2D eigenvalue weighted by molar-refractivity contribution is 7.53. The van der Waals surface area contributed by atoms with E-state index in [1.165, 1.54) is 0 Å². The molecule has 0 radical (unpaired) electrons. The molecule has 0 saturated carbocycles. The molecule has 0 heterocycles. The van der Waals surface area contributed by atoms with Crippen molar-refractivity contribution in [1.82, 2.24) is 0 Å². The van der Waals surface area contributed by atoms with Gasteiger partial charge in [-0.25, -0.2) is 4.57 Å². The molecule has 0 fully saturated rings. The van der Waals surface area contributed by atoms with E-state index < -0.39 is 7.60 Å². The van der Waals surface area contributed by atoms with Gasteiger partial charge in [0.25, 0.3) is 0 Å². The van der Waals surface area contributed by atoms with Crippen molar-refractivity contribution in [2.45, 2.75) is 19.5 Å². The Kier molecular flexibility index (Phi) is 3.12. The minimum atomic E-state index is -3.49. The van der Waals surface area contributed by atoms with Crippen LogP contribution in [0.4, 0.5) is 0 Å². The summed E-state index contributed by atoms with van der Waals surface area (Å²) in [5.74, 6) is 0.432. The van der Waals surface area contributed by atoms with Crippen molar-refractivity contribution >= 4 is 7.60 Å². The second-order valence-electron chi connectivity index (χ2n) is 3.06. The van der Waals surface area contributed by atoms with E-state index in [0.717, 1.165) is 0 Å². The van der Waals surface area contributed by atoms with Crippen LogP contribution in [0.3, 0.4) is 0 Å². The fourth-order valence-electron chi connectivity index (χ4n) is 0.738. The Labute approximate surface area is 77.9 Å². The van der Waals surface area contributed by atoms with Gasteiger partial charge in [-0.2, -0.15) is 0 Å². The van der Waals surface area contributed by atoms with E-state index in [0.29, 0.717) is 5.75 Å². The third kappa shape index (κ3) is 2.87. The lowest BCUT2D eigenvalue weighted by Crippen LogP contribution is -2.03. The summed E-state index contributed by atoms with van der Waals surface area (Å²) in [5.41, 5.74) is -0.382. The predicted molar refractivity (Wildman–Crippen MR) is 52.0 cm³/mol. The molecule has 1 unspecified atom stereocenters. The van der Waals surface area contributed by atoms with Crippen molar-refractivity contribution in [2.24, 2.45) is 0 Å². The van der Waals surface area contributed by atoms with E-state index >= 15 is 0 Å². The molecule has 1 N–H and O–H groups in total. The van der Waals surface area contributed by atoms with E-state index in [4.69, 9.17) is 4.52 Å². The highest BCUT2D eigenvalue weighted by Gasteiger charge is 2.25. The molecular formula is C9H13O3P. The van der Waals surface area contributed by atoms with Gasteiger partial charge in [-0.1, -0.05) is 32.0 Å². The van der Waals surface area contributed by atoms with Crippen molar-refractivity contribution in [3.63, 3.8) is 0 Å². The van der Waals surface area contributed by atoms with Crippen molar-refractivity contribution in [3.05, 3.63) is 30.3 Å². The number of para-hydroxylation sites is 1. The van der Waals surface area contributed by atoms with E-state index in [9.17, 15) is 9.46 Å². The first kappa shape index (κ1) is 10.3. The molecule has 0 spiro atoms. The van der Waals surface area contributed by atoms with Gasteiger partial charge in [0.15, 0.2) is 0 Å². The van der Waals surface area contributed by atoms with Crippen LogP contribution in [-0.4, -0.2) is 10.6 Å². The summed E-state index contributed by atoms with van der Waals surface area (Å²) in [6.45, 7) is 3.31. The van der Waals surface area contributed by atoms with Gasteiger partial charge in [0.05, 0.1) is 5.66 Å². The monoisotopic (exact) mass is 200 g/mol. The topological polar surface area (TPSA) is 46.5 Å². The van der Waals surface area contributed by atoms with Crippen LogP contribution >= 0.6 is 7.60 Å². The first-order valence-electron chi connectivity index (χ1n) is 4.09. The van der Waals surface area contributed by atoms with Crippen LogP contribution < -0.4 is 4.52 Å². The van der Waals surface area contributed by atoms with Crippen LogP contribution in [0.2, 0.25) is 0 Å². The molecular weight excluding hydrogens is 187 g/mol. The average Bonchev–Trinajstić information content (AvgIpc) is 2.05. The molecule has 13 heavy (non-hydrogen) atoms. The van der Waals surface area contributed by atoms with Gasteiger partial charge >= 0.3 is 7.60 Å². The van der Waals surface area contributed by atoms with Crippen LogP contribution in [0.25, 0.3) is 0 Å². The van der Waals surface area contributed by atoms with Gasteiger partial charge in [0, 0.05) is 0 Å². The van der Waals surface area contributed by atoms with Crippen LogP contribution in [0.15, 0.2) is 30.3 Å². The highest BCUT2D eigenvalue weighted by atomic mass is 31.2. The Morgan fingerprint density at radius 3 is 2.31 bits per heavy atom. The molecule has 1 rings (SSSR count). The molecule has 1 atom stereocenters. The van der Waals surface area contributed by atoms with Gasteiger partial charge < -0.3 is 9.42 Å². The van der Waals surface area contributed by atoms with Crippen molar-refractivity contribution in [1.29, 1.82) is 0 Å². The van der Waals surface area contributed by atoms with Crippen LogP contribution in [0.1, 0.15) is 13.8 Å². The lowest BCUT2D eigenvalue weighted by atomic mass is 10.3. The first-order chi connectivity index (χ1) is 6.02. The zero-order valence-corrected chi connectivity index (χ0v) is 8.57. The first-order valence-corrected chi connectivity index (χ1v) is 5.74. The lowest BCUT2D eigenvalue weighted by Gasteiger charge is -2.15. The third-order valence-electron chi connectivity index (χ3n) is 1.63. The SMILES string of the molecule is CC(C)P(=O)(O)Oc1ccccc1. The number of hydrogen-bond donors (Lipinski definition) is 1. The molecule has 0 aliphatic rings. The summed E-state index contributed by atoms with van der Waals surface area (Å²) < 4.78 is 16.4. The molecule has 4 heteroatoms. The molecule has 0 aliphatic carbocycles. The summed E-state index contributed by atoms with van der Waals surface area (Å²) in [4.78, 5) is 9.38. The van der Waals surface area contributed by atoms with Crippen molar-refractivity contribution in [2.75, 3.05) is 0 Å². The van der Waals surface area contributed by atoms with Crippen LogP contribution in [-0.2, 0) is 4.57 Å². The quantitative estimate of drug-likeness (QED) is 0.763. The minimum Gasteiger partial charge on any atom is -0.424 e. The molecule has 0 bridgehead atoms. The second-order valence-corrected chi connectivity index (χ2v) is 5.41. The van der Waals surface area contributed by atoms with E-state index in [2.05, 4.69) is 0 Å². The Balaban J connectivity index is 2.76. The van der Waals surface area contributed by atoms with Gasteiger partial charge in [-0.05, 0) is 12.1 Å². The normalized spacial score (nSPS) is 15.4. The number of hydrogen-bond acceptors (Lipinski definition) is 2. The molecule has 3 nitrogen and oxygen atoms in total. The van der Waals surface area contributed by atoms with E-state index in [1.807, 2.05) is 6.07 Å². The maximum absolute atomic E-state index is 11.4. The smallest absolute Gasteiger partial charge is 0.379 e. The highest BCUT2D eigenvalue weighted by Crippen LogP contribution is 2.46. The van der Waals surface area contributed by atoms with Gasteiger partial charge in [0.2, 0.25) is 0 Å². The third-order valence-corrected chi connectivity index (χ3v) is 3.41. The average molecular weight is 200 g/mol. The lowest BCUT2D eigenvalue weighted by molar-refractivity contribution is 0.370. The Bertz CT molecular complexity index is 308. The molecule has 0 saturated heterocycles. The fourth-order valence-corrected chi connectivity index (χ4v) is 1.37. The number of rotatable bonds is 3. The van der Waals surface area contributed by atoms with E-state index in [-0.39, 0.29) is 5.66 Å². The fraction of sp³-hybridized carbons (Fsp3) is 0.333. The van der Waals surface area contributed by atoms with Gasteiger partial charge in [0.1, 0.15) is 5.75 Å². The Hall–Kier alpha value is -0.790. The summed E-state index contributed by atoms with van der Waals surface area (Å²) in [5, 5.41) is 0. The molecule has 0 aromatic heterocycles. The maximum atomic E-state index is 11.4. The van der Waals surface area contributed by atoms with Gasteiger partial charge in [-0.15, -0.1) is 0 Å². The minimum absolute atomic E-state index is 0.382. The summed E-state index contributed by atoms with van der Waals surface area (Å²) in [7, 11) is -3.49. The van der Waals surface area contributed by atoms with Crippen LogP contribution in [0.5, 0.6) is 5.75 Å². The summed E-state index contributed by atoms with van der Waals surface area (Å²) in [6, 6.07) is 8.66. The molecule has 72 valence electrons. The van der Waals surface area contributed by atoms with Gasteiger partial charge in [-0.3, -0.25) is 0 Å². The molecule has 0 amide bonds. The second kappa shape index (κ2) is 3.95. The standard InChI is InChI=1S/C9H13O3P/c1-8(2)13(10,11)12-9-6-4-3-5-7-9/h3-8H,1-2H3,(H,10,11). The molecule has 1 aromatic rings. The summed E-state index contributed by atoms with van der Waals surface area (Å²) >= 11 is 0. The van der Waals surface area contributed by atoms with Crippen molar-refractivity contribution in [3.8, 4) is 5.75 Å². The predicted octanol–water partition coefficient (Wildman–Crippen LogP) is 2.66. The van der Waals surface area contributed by atoms with Crippen molar-refractivity contribution < 1.29 is 14.0 Å². The maximum Gasteiger partial charge on any atom is 0.379 e. The Morgan fingerprint density at radius 2 is 1.85 bits per heavy atom. The molecule has 1 aromatic carbocycles. The molecule has 0 aliphatic heterocycles. The van der Waals surface area contributed by atoms with E-state index in [1.54, 1.807) is 38.1 Å². The Morgan fingerprint density at radius 1 is 1.31 bits per heavy atom. The number of benzene rings is 1. The largest absolute Gasteiger partial charge is 0.424 e. The van der Waals surface area contributed by atoms with Crippen LogP contribution in [0, 0.1) is 0 Å². The zero-order chi connectivity index (χ0) is 9.90.